The molecule has 3 aromatic rings. The molecular formula is C21H23N3O4. The van der Waals surface area contributed by atoms with Crippen molar-refractivity contribution < 1.29 is 18.8 Å². The molecule has 28 heavy (non-hydrogen) atoms. The summed E-state index contributed by atoms with van der Waals surface area (Å²) in [6, 6.07) is 7.66. The molecule has 3 heterocycles. The summed E-state index contributed by atoms with van der Waals surface area (Å²) in [4.78, 5) is 16.9. The van der Waals surface area contributed by atoms with Crippen LogP contribution in [0.25, 0.3) is 11.1 Å². The predicted molar refractivity (Wildman–Crippen MR) is 104 cm³/mol. The van der Waals surface area contributed by atoms with Crippen LogP contribution in [-0.4, -0.2) is 29.4 Å². The number of amides is 1. The number of ether oxygens (including phenoxy) is 2. The highest BCUT2D eigenvalue weighted by Gasteiger charge is 2.25. The van der Waals surface area contributed by atoms with Crippen LogP contribution < -0.4 is 14.8 Å². The minimum Gasteiger partial charge on any atom is -0.454 e. The number of pyridine rings is 1. The molecule has 0 saturated carbocycles. The molecule has 0 aliphatic carbocycles. The maximum Gasteiger partial charge on any atom is 0.257 e. The Hall–Kier alpha value is -3.09. The lowest BCUT2D eigenvalue weighted by Gasteiger charge is -2.26. The minimum atomic E-state index is -0.283. The summed E-state index contributed by atoms with van der Waals surface area (Å²) >= 11 is 0. The molecule has 1 aliphatic heterocycles. The highest BCUT2D eigenvalue weighted by molar-refractivity contribution is 5.97. The molecule has 0 saturated heterocycles. The van der Waals surface area contributed by atoms with Crippen molar-refractivity contribution in [3.05, 3.63) is 47.3 Å². The number of nitrogens with one attached hydrogen (secondary N) is 1. The van der Waals surface area contributed by atoms with E-state index in [1.807, 2.05) is 32.0 Å². The average molecular weight is 381 g/mol. The van der Waals surface area contributed by atoms with Gasteiger partial charge in [0.2, 0.25) is 6.79 Å². The number of carbonyl (C=O) groups excluding carboxylic acids is 1. The Morgan fingerprint density at radius 1 is 1.21 bits per heavy atom. The lowest BCUT2D eigenvalue weighted by atomic mass is 9.84. The number of hydrogen-bond acceptors (Lipinski definition) is 6. The second kappa shape index (κ2) is 6.82. The SMILES string of the molecule is CC(C)c1noc2ncc(C(=O)NCC(C)(C)c3ccc4c(c3)OCO4)cc12. The molecule has 146 valence electrons. The van der Waals surface area contributed by atoms with E-state index in [0.717, 1.165) is 28.1 Å². The van der Waals surface area contributed by atoms with Crippen molar-refractivity contribution in [3.63, 3.8) is 0 Å². The zero-order valence-electron chi connectivity index (χ0n) is 16.4. The second-order valence-corrected chi connectivity index (χ2v) is 7.93. The van der Waals surface area contributed by atoms with Crippen LogP contribution in [0, 0.1) is 0 Å². The monoisotopic (exact) mass is 381 g/mol. The van der Waals surface area contributed by atoms with Gasteiger partial charge in [-0.3, -0.25) is 4.79 Å². The van der Waals surface area contributed by atoms with Crippen LogP contribution in [0.15, 0.2) is 35.0 Å². The van der Waals surface area contributed by atoms with E-state index in [-0.39, 0.29) is 24.0 Å². The summed E-state index contributed by atoms with van der Waals surface area (Å²) in [6.07, 6.45) is 1.51. The number of hydrogen-bond donors (Lipinski definition) is 1. The molecule has 4 rings (SSSR count). The van der Waals surface area contributed by atoms with Crippen molar-refractivity contribution in [1.82, 2.24) is 15.5 Å². The van der Waals surface area contributed by atoms with Gasteiger partial charge in [-0.05, 0) is 29.7 Å². The maximum atomic E-state index is 12.7. The lowest BCUT2D eigenvalue weighted by molar-refractivity contribution is 0.0945. The van der Waals surface area contributed by atoms with Crippen molar-refractivity contribution in [2.24, 2.45) is 0 Å². The first-order chi connectivity index (χ1) is 13.3. The van der Waals surface area contributed by atoms with Crippen molar-refractivity contribution in [2.75, 3.05) is 13.3 Å². The summed E-state index contributed by atoms with van der Waals surface area (Å²) in [5, 5.41) is 7.84. The number of fused-ring (bicyclic) bond motifs is 2. The molecular weight excluding hydrogens is 358 g/mol. The highest BCUT2D eigenvalue weighted by atomic mass is 16.7. The average Bonchev–Trinajstić information content (AvgIpc) is 3.31. The summed E-state index contributed by atoms with van der Waals surface area (Å²) in [6.45, 7) is 8.90. The van der Waals surface area contributed by atoms with E-state index in [9.17, 15) is 4.79 Å². The molecule has 1 amide bonds. The van der Waals surface area contributed by atoms with E-state index >= 15 is 0 Å². The van der Waals surface area contributed by atoms with Gasteiger partial charge in [-0.1, -0.05) is 38.9 Å². The fourth-order valence-corrected chi connectivity index (χ4v) is 3.21. The number of rotatable bonds is 5. The summed E-state index contributed by atoms with van der Waals surface area (Å²) in [7, 11) is 0. The van der Waals surface area contributed by atoms with Crippen LogP contribution in [0.2, 0.25) is 0 Å². The number of carbonyl (C=O) groups is 1. The molecule has 0 unspecified atom stereocenters. The first kappa shape index (κ1) is 18.3. The topological polar surface area (TPSA) is 86.5 Å². The van der Waals surface area contributed by atoms with Gasteiger partial charge in [0.1, 0.15) is 0 Å². The molecule has 1 aliphatic rings. The highest BCUT2D eigenvalue weighted by Crippen LogP contribution is 2.36. The third-order valence-corrected chi connectivity index (χ3v) is 5.01. The Labute approximate surface area is 163 Å². The van der Waals surface area contributed by atoms with E-state index in [1.54, 1.807) is 6.07 Å². The molecule has 0 atom stereocenters. The molecule has 1 N–H and O–H groups in total. The fourth-order valence-electron chi connectivity index (χ4n) is 3.21. The zero-order valence-corrected chi connectivity index (χ0v) is 16.4. The molecule has 1 aromatic carbocycles. The van der Waals surface area contributed by atoms with Crippen LogP contribution in [0.3, 0.4) is 0 Å². The van der Waals surface area contributed by atoms with Gasteiger partial charge in [0, 0.05) is 18.2 Å². The summed E-state index contributed by atoms with van der Waals surface area (Å²) < 4.78 is 16.1. The summed E-state index contributed by atoms with van der Waals surface area (Å²) in [5.41, 5.74) is 2.51. The van der Waals surface area contributed by atoms with E-state index in [1.165, 1.54) is 6.20 Å². The smallest absolute Gasteiger partial charge is 0.257 e. The van der Waals surface area contributed by atoms with Gasteiger partial charge in [0.05, 0.1) is 16.6 Å². The van der Waals surface area contributed by atoms with Crippen molar-refractivity contribution in [2.45, 2.75) is 39.0 Å². The number of nitrogens with zero attached hydrogens (tertiary/aromatic N) is 2. The van der Waals surface area contributed by atoms with E-state index in [4.69, 9.17) is 14.0 Å². The van der Waals surface area contributed by atoms with Gasteiger partial charge >= 0.3 is 0 Å². The van der Waals surface area contributed by atoms with Gasteiger partial charge < -0.3 is 19.3 Å². The van der Waals surface area contributed by atoms with Gasteiger partial charge in [0.25, 0.3) is 11.6 Å². The maximum absolute atomic E-state index is 12.7. The van der Waals surface area contributed by atoms with Crippen LogP contribution in [0.4, 0.5) is 0 Å². The Kier molecular flexibility index (Phi) is 4.45. The molecule has 7 nitrogen and oxygen atoms in total. The van der Waals surface area contributed by atoms with Gasteiger partial charge in [-0.15, -0.1) is 0 Å². The predicted octanol–water partition coefficient (Wildman–Crippen LogP) is 3.78. The third-order valence-electron chi connectivity index (χ3n) is 5.01. The Balaban J connectivity index is 1.50. The van der Waals surface area contributed by atoms with Crippen LogP contribution >= 0.6 is 0 Å². The lowest BCUT2D eigenvalue weighted by Crippen LogP contribution is -2.36. The quantitative estimate of drug-likeness (QED) is 0.724. The standard InChI is InChI=1S/C21H23N3O4/c1-12(2)18-15-7-13(9-22-20(15)28-24-18)19(25)23-10-21(3,4)14-5-6-16-17(8-14)27-11-26-16/h5-9,12H,10-11H2,1-4H3,(H,23,25). The molecule has 0 bridgehead atoms. The number of benzene rings is 1. The molecule has 7 heteroatoms. The minimum absolute atomic E-state index is 0.181. The molecule has 0 radical (unpaired) electrons. The Bertz CT molecular complexity index is 1040. The first-order valence-corrected chi connectivity index (χ1v) is 9.29. The van der Waals surface area contributed by atoms with Crippen LogP contribution in [-0.2, 0) is 5.41 Å². The fraction of sp³-hybridized carbons (Fsp3) is 0.381. The van der Waals surface area contributed by atoms with E-state index in [0.29, 0.717) is 17.8 Å². The normalized spacial score (nSPS) is 13.3. The first-order valence-electron chi connectivity index (χ1n) is 9.29. The molecule has 0 spiro atoms. The van der Waals surface area contributed by atoms with Gasteiger partial charge in [-0.2, -0.15) is 0 Å². The molecule has 0 fully saturated rings. The number of aromatic nitrogens is 2. The Morgan fingerprint density at radius 2 is 2.00 bits per heavy atom. The van der Waals surface area contributed by atoms with Crippen LogP contribution in [0.1, 0.15) is 55.2 Å². The molecule has 2 aromatic heterocycles. The largest absolute Gasteiger partial charge is 0.454 e. The van der Waals surface area contributed by atoms with Crippen molar-refractivity contribution >= 4 is 17.0 Å². The second-order valence-electron chi connectivity index (χ2n) is 7.93. The summed E-state index contributed by atoms with van der Waals surface area (Å²) in [5.74, 6) is 1.49. The van der Waals surface area contributed by atoms with E-state index < -0.39 is 0 Å². The zero-order chi connectivity index (χ0) is 19.9. The Morgan fingerprint density at radius 3 is 2.79 bits per heavy atom. The van der Waals surface area contributed by atoms with E-state index in [2.05, 4.69) is 29.3 Å². The van der Waals surface area contributed by atoms with Crippen molar-refractivity contribution in [3.8, 4) is 11.5 Å². The van der Waals surface area contributed by atoms with Gasteiger partial charge in [-0.25, -0.2) is 4.98 Å². The van der Waals surface area contributed by atoms with Gasteiger partial charge in [0.15, 0.2) is 11.5 Å². The van der Waals surface area contributed by atoms with Crippen LogP contribution in [0.5, 0.6) is 11.5 Å². The van der Waals surface area contributed by atoms with Crippen molar-refractivity contribution in [1.29, 1.82) is 0 Å². The third kappa shape index (κ3) is 3.28.